The molecule has 1 aliphatic carbocycles. The van der Waals surface area contributed by atoms with E-state index >= 15 is 0 Å². The van der Waals surface area contributed by atoms with Crippen molar-refractivity contribution in [2.24, 2.45) is 5.41 Å². The van der Waals surface area contributed by atoms with Crippen molar-refractivity contribution < 1.29 is 14.0 Å². The summed E-state index contributed by atoms with van der Waals surface area (Å²) in [4.78, 5) is 9.06. The lowest BCUT2D eigenvalue weighted by atomic mass is 9.63. The molecule has 3 fully saturated rings. The van der Waals surface area contributed by atoms with E-state index in [1.165, 1.54) is 0 Å². The lowest BCUT2D eigenvalue weighted by Crippen LogP contribution is -2.44. The summed E-state index contributed by atoms with van der Waals surface area (Å²) >= 11 is 0. The molecule has 2 bridgehead atoms. The van der Waals surface area contributed by atoms with E-state index < -0.39 is 5.60 Å². The standard InChI is InChI=1S/C18H17N3O3/c1-22-10-17-8-18(9-17,23-11-17)16-20-15(21-24-16)14-13-5-3-2-4-12(13)6-7-19-14/h2-7H,8-11H2,1H3. The van der Waals surface area contributed by atoms with Crippen molar-refractivity contribution in [2.45, 2.75) is 18.4 Å². The molecule has 6 rings (SSSR count). The van der Waals surface area contributed by atoms with Gasteiger partial charge in [-0.15, -0.1) is 0 Å². The molecule has 2 aromatic heterocycles. The number of nitrogens with zero attached hydrogens (tertiary/aromatic N) is 3. The van der Waals surface area contributed by atoms with Crippen LogP contribution in [0.25, 0.3) is 22.3 Å². The van der Waals surface area contributed by atoms with Crippen molar-refractivity contribution in [3.63, 3.8) is 0 Å². The third kappa shape index (κ3) is 1.87. The van der Waals surface area contributed by atoms with Crippen LogP contribution in [-0.2, 0) is 15.1 Å². The largest absolute Gasteiger partial charge is 0.384 e. The van der Waals surface area contributed by atoms with Gasteiger partial charge in [-0.1, -0.05) is 29.4 Å². The second-order valence-corrected chi connectivity index (χ2v) is 6.87. The van der Waals surface area contributed by atoms with Gasteiger partial charge in [-0.05, 0) is 24.3 Å². The van der Waals surface area contributed by atoms with E-state index in [1.807, 2.05) is 30.3 Å². The minimum atomic E-state index is -0.436. The number of ether oxygens (including phenoxy) is 2. The van der Waals surface area contributed by atoms with E-state index in [0.29, 0.717) is 24.9 Å². The number of fused-ring (bicyclic) bond motifs is 2. The monoisotopic (exact) mass is 323 g/mol. The fraction of sp³-hybridized carbons (Fsp3) is 0.389. The van der Waals surface area contributed by atoms with Crippen LogP contribution in [-0.4, -0.2) is 35.4 Å². The predicted octanol–water partition coefficient (Wildman–Crippen LogP) is 2.94. The Bertz CT molecular complexity index is 909. The van der Waals surface area contributed by atoms with Crippen molar-refractivity contribution in [3.05, 3.63) is 42.4 Å². The van der Waals surface area contributed by atoms with Gasteiger partial charge in [0.25, 0.3) is 5.89 Å². The van der Waals surface area contributed by atoms with Crippen LogP contribution in [0.5, 0.6) is 0 Å². The van der Waals surface area contributed by atoms with Gasteiger partial charge in [0.15, 0.2) is 0 Å². The molecule has 1 saturated carbocycles. The second kappa shape index (κ2) is 4.84. The lowest BCUT2D eigenvalue weighted by Gasteiger charge is -2.41. The Morgan fingerprint density at radius 1 is 1.21 bits per heavy atom. The molecule has 0 unspecified atom stereocenters. The van der Waals surface area contributed by atoms with Gasteiger partial charge in [0.1, 0.15) is 11.3 Å². The van der Waals surface area contributed by atoms with Crippen LogP contribution < -0.4 is 0 Å². The first-order valence-corrected chi connectivity index (χ1v) is 8.05. The average Bonchev–Trinajstić information content (AvgIpc) is 3.27. The van der Waals surface area contributed by atoms with Crippen LogP contribution in [0, 0.1) is 5.41 Å². The van der Waals surface area contributed by atoms with E-state index in [1.54, 1.807) is 13.3 Å². The van der Waals surface area contributed by atoms with E-state index in [-0.39, 0.29) is 5.41 Å². The normalized spacial score (nSPS) is 28.2. The zero-order valence-corrected chi connectivity index (χ0v) is 13.4. The lowest BCUT2D eigenvalue weighted by molar-refractivity contribution is -0.0616. The first kappa shape index (κ1) is 14.1. The maximum atomic E-state index is 6.00. The van der Waals surface area contributed by atoms with Gasteiger partial charge >= 0.3 is 0 Å². The number of hydrogen-bond acceptors (Lipinski definition) is 6. The number of hydrogen-bond donors (Lipinski definition) is 0. The fourth-order valence-electron chi connectivity index (χ4n) is 4.12. The van der Waals surface area contributed by atoms with Crippen LogP contribution in [0.4, 0.5) is 0 Å². The van der Waals surface area contributed by atoms with Gasteiger partial charge < -0.3 is 14.0 Å². The number of benzene rings is 1. The summed E-state index contributed by atoms with van der Waals surface area (Å²) in [5.41, 5.74) is 0.412. The second-order valence-electron chi connectivity index (χ2n) is 6.87. The minimum Gasteiger partial charge on any atom is -0.384 e. The maximum absolute atomic E-state index is 6.00. The van der Waals surface area contributed by atoms with Gasteiger partial charge in [0.2, 0.25) is 5.82 Å². The predicted molar refractivity (Wildman–Crippen MR) is 86.2 cm³/mol. The molecule has 0 radical (unpaired) electrons. The van der Waals surface area contributed by atoms with Gasteiger partial charge in [0, 0.05) is 24.1 Å². The maximum Gasteiger partial charge on any atom is 0.259 e. The molecule has 3 aliphatic rings. The molecule has 2 saturated heterocycles. The molecule has 2 aliphatic heterocycles. The van der Waals surface area contributed by atoms with E-state index in [4.69, 9.17) is 14.0 Å². The minimum absolute atomic E-state index is 0.112. The smallest absolute Gasteiger partial charge is 0.259 e. The third-order valence-corrected chi connectivity index (χ3v) is 5.13. The summed E-state index contributed by atoms with van der Waals surface area (Å²) in [6.45, 7) is 1.39. The molecule has 24 heavy (non-hydrogen) atoms. The van der Waals surface area contributed by atoms with Crippen LogP contribution >= 0.6 is 0 Å². The Balaban J connectivity index is 1.51. The van der Waals surface area contributed by atoms with Crippen LogP contribution in [0.2, 0.25) is 0 Å². The van der Waals surface area contributed by atoms with Crippen molar-refractivity contribution in [1.82, 2.24) is 15.1 Å². The highest BCUT2D eigenvalue weighted by Gasteiger charge is 2.66. The summed E-state index contributed by atoms with van der Waals surface area (Å²) in [5, 5.41) is 6.28. The van der Waals surface area contributed by atoms with Gasteiger partial charge in [-0.25, -0.2) is 0 Å². The summed E-state index contributed by atoms with van der Waals surface area (Å²) in [6.07, 6.45) is 3.52. The molecule has 4 heterocycles. The van der Waals surface area contributed by atoms with Gasteiger partial charge in [0.05, 0.1) is 13.2 Å². The SMILES string of the molecule is COCC12COC(c3nc(-c4nccc5ccccc45)no3)(C1)C2. The highest BCUT2D eigenvalue weighted by atomic mass is 16.5. The first-order valence-electron chi connectivity index (χ1n) is 8.05. The average molecular weight is 323 g/mol. The van der Waals surface area contributed by atoms with Crippen molar-refractivity contribution in [3.8, 4) is 11.5 Å². The summed E-state index contributed by atoms with van der Waals surface area (Å²) in [6, 6.07) is 10.0. The molecule has 0 amide bonds. The van der Waals surface area contributed by atoms with Gasteiger partial charge in [-0.2, -0.15) is 4.98 Å². The van der Waals surface area contributed by atoms with E-state index in [2.05, 4.69) is 15.1 Å². The van der Waals surface area contributed by atoms with Crippen LogP contribution in [0.3, 0.4) is 0 Å². The van der Waals surface area contributed by atoms with E-state index in [9.17, 15) is 0 Å². The molecule has 0 N–H and O–H groups in total. The Hall–Kier alpha value is -2.31. The molecule has 1 aromatic carbocycles. The Kier molecular flexibility index (Phi) is 2.84. The molecule has 0 atom stereocenters. The Labute approximate surface area is 138 Å². The van der Waals surface area contributed by atoms with Crippen LogP contribution in [0.1, 0.15) is 18.7 Å². The highest BCUT2D eigenvalue weighted by molar-refractivity contribution is 5.92. The Morgan fingerprint density at radius 3 is 2.96 bits per heavy atom. The molecular formula is C18H17N3O3. The Morgan fingerprint density at radius 2 is 2.08 bits per heavy atom. The summed E-state index contributed by atoms with van der Waals surface area (Å²) in [5.74, 6) is 1.06. The van der Waals surface area contributed by atoms with E-state index in [0.717, 1.165) is 29.3 Å². The molecule has 3 aromatic rings. The zero-order valence-electron chi connectivity index (χ0n) is 13.4. The molecular weight excluding hydrogens is 306 g/mol. The molecule has 0 spiro atoms. The molecule has 6 nitrogen and oxygen atoms in total. The quantitative estimate of drug-likeness (QED) is 0.735. The van der Waals surface area contributed by atoms with Gasteiger partial charge in [-0.3, -0.25) is 4.98 Å². The zero-order chi connectivity index (χ0) is 16.2. The number of aromatic nitrogens is 3. The topological polar surface area (TPSA) is 70.3 Å². The highest BCUT2D eigenvalue weighted by Crippen LogP contribution is 2.62. The summed E-state index contributed by atoms with van der Waals surface area (Å²) < 4.78 is 16.9. The van der Waals surface area contributed by atoms with Crippen molar-refractivity contribution in [1.29, 1.82) is 0 Å². The first-order chi connectivity index (χ1) is 11.7. The molecule has 122 valence electrons. The summed E-state index contributed by atoms with van der Waals surface area (Å²) in [7, 11) is 1.73. The number of rotatable bonds is 4. The number of pyridine rings is 1. The number of methoxy groups -OCH3 is 1. The fourth-order valence-corrected chi connectivity index (χ4v) is 4.12. The van der Waals surface area contributed by atoms with Crippen molar-refractivity contribution >= 4 is 10.8 Å². The molecule has 6 heteroatoms. The third-order valence-electron chi connectivity index (χ3n) is 5.13. The van der Waals surface area contributed by atoms with Crippen molar-refractivity contribution in [2.75, 3.05) is 20.3 Å². The van der Waals surface area contributed by atoms with Crippen LogP contribution in [0.15, 0.2) is 41.1 Å².